The number of ether oxygens (including phenoxy) is 1. The van der Waals surface area contributed by atoms with Gasteiger partial charge in [-0.2, -0.15) is 13.2 Å². The van der Waals surface area contributed by atoms with E-state index in [0.29, 0.717) is 0 Å². The van der Waals surface area contributed by atoms with E-state index in [-0.39, 0.29) is 6.42 Å². The summed E-state index contributed by atoms with van der Waals surface area (Å²) in [6.07, 6.45) is -0.371. The Morgan fingerprint density at radius 1 is 1.29 bits per heavy atom. The maximum absolute atomic E-state index is 12.2. The van der Waals surface area contributed by atoms with Crippen LogP contribution in [-0.2, 0) is 4.74 Å². The number of hydrogen-bond donors (Lipinski definition) is 2. The highest BCUT2D eigenvalue weighted by Gasteiger charge is 2.41. The van der Waals surface area contributed by atoms with Gasteiger partial charge in [0.25, 0.3) is 0 Å². The molecule has 0 aromatic carbocycles. The maximum atomic E-state index is 12.2. The average molecular weight is 254 g/mol. The van der Waals surface area contributed by atoms with Crippen LogP contribution in [0.5, 0.6) is 0 Å². The van der Waals surface area contributed by atoms with Crippen LogP contribution in [-0.4, -0.2) is 24.9 Å². The van der Waals surface area contributed by atoms with Gasteiger partial charge < -0.3 is 4.74 Å². The van der Waals surface area contributed by atoms with Gasteiger partial charge in [0.1, 0.15) is 0 Å². The molecule has 1 unspecified atom stereocenters. The second kappa shape index (κ2) is 6.02. The van der Waals surface area contributed by atoms with Gasteiger partial charge in [-0.05, 0) is 19.3 Å². The number of nitrogens with two attached hydrogens (primary N) is 1. The van der Waals surface area contributed by atoms with E-state index in [4.69, 9.17) is 10.6 Å². The standard InChI is InChI=1S/C11H21F3N2O/c1-17-10(6-3-2-4-7-10)9(16-15)5-8-11(12,13)14/h9,16H,2-8,15H2,1H3. The zero-order chi connectivity index (χ0) is 12.9. The zero-order valence-electron chi connectivity index (χ0n) is 10.1. The molecule has 0 radical (unpaired) electrons. The van der Waals surface area contributed by atoms with Crippen LogP contribution in [0.25, 0.3) is 0 Å². The first kappa shape index (κ1) is 14.7. The summed E-state index contributed by atoms with van der Waals surface area (Å²) >= 11 is 0. The molecule has 1 saturated carbocycles. The molecule has 17 heavy (non-hydrogen) atoms. The van der Waals surface area contributed by atoms with Crippen molar-refractivity contribution in [3.63, 3.8) is 0 Å². The van der Waals surface area contributed by atoms with Crippen molar-refractivity contribution in [3.05, 3.63) is 0 Å². The summed E-state index contributed by atoms with van der Waals surface area (Å²) in [4.78, 5) is 0. The Labute approximate surface area is 99.9 Å². The van der Waals surface area contributed by atoms with E-state index >= 15 is 0 Å². The third-order valence-corrected chi connectivity index (χ3v) is 3.66. The molecule has 102 valence electrons. The molecule has 0 amide bonds. The van der Waals surface area contributed by atoms with E-state index in [1.165, 1.54) is 0 Å². The Kier molecular flexibility index (Phi) is 5.22. The molecule has 0 aromatic rings. The molecule has 3 nitrogen and oxygen atoms in total. The van der Waals surface area contributed by atoms with Crippen molar-refractivity contribution < 1.29 is 17.9 Å². The minimum atomic E-state index is -4.14. The lowest BCUT2D eigenvalue weighted by Gasteiger charge is -2.42. The lowest BCUT2D eigenvalue weighted by Crippen LogP contribution is -2.55. The minimum absolute atomic E-state index is 0.0339. The van der Waals surface area contributed by atoms with Gasteiger partial charge in [0.15, 0.2) is 0 Å². The van der Waals surface area contributed by atoms with Crippen LogP contribution in [0.1, 0.15) is 44.9 Å². The molecule has 1 atom stereocenters. The monoisotopic (exact) mass is 254 g/mol. The Morgan fingerprint density at radius 2 is 1.88 bits per heavy atom. The maximum Gasteiger partial charge on any atom is 0.389 e. The predicted octanol–water partition coefficient (Wildman–Crippen LogP) is 2.51. The molecule has 1 aliphatic rings. The number of methoxy groups -OCH3 is 1. The van der Waals surface area contributed by atoms with Gasteiger partial charge in [-0.25, -0.2) is 0 Å². The summed E-state index contributed by atoms with van der Waals surface area (Å²) in [6.45, 7) is 0. The van der Waals surface area contributed by atoms with Gasteiger partial charge in [0.2, 0.25) is 0 Å². The third kappa shape index (κ3) is 4.12. The highest BCUT2D eigenvalue weighted by molar-refractivity contribution is 4.94. The van der Waals surface area contributed by atoms with E-state index in [2.05, 4.69) is 5.43 Å². The normalized spacial score (nSPS) is 22.4. The van der Waals surface area contributed by atoms with E-state index in [1.54, 1.807) is 7.11 Å². The first-order chi connectivity index (χ1) is 7.93. The lowest BCUT2D eigenvalue weighted by atomic mass is 9.78. The number of rotatable bonds is 5. The van der Waals surface area contributed by atoms with Crippen LogP contribution in [0.4, 0.5) is 13.2 Å². The number of halogens is 3. The lowest BCUT2D eigenvalue weighted by molar-refractivity contribution is -0.143. The molecule has 0 bridgehead atoms. The van der Waals surface area contributed by atoms with Crippen molar-refractivity contribution in [2.45, 2.75) is 62.8 Å². The summed E-state index contributed by atoms with van der Waals surface area (Å²) < 4.78 is 42.2. The summed E-state index contributed by atoms with van der Waals surface area (Å²) in [5.41, 5.74) is 1.98. The molecule has 1 rings (SSSR count). The first-order valence-corrected chi connectivity index (χ1v) is 6.01. The molecule has 0 saturated heterocycles. The van der Waals surface area contributed by atoms with Crippen LogP contribution in [0, 0.1) is 0 Å². The predicted molar refractivity (Wildman–Crippen MR) is 59.2 cm³/mol. The quantitative estimate of drug-likeness (QED) is 0.585. The molecule has 1 aliphatic carbocycles. The second-order valence-electron chi connectivity index (χ2n) is 4.70. The molecule has 6 heteroatoms. The van der Waals surface area contributed by atoms with Crippen LogP contribution < -0.4 is 11.3 Å². The van der Waals surface area contributed by atoms with E-state index in [9.17, 15) is 13.2 Å². The van der Waals surface area contributed by atoms with Crippen molar-refractivity contribution in [1.82, 2.24) is 5.43 Å². The second-order valence-corrected chi connectivity index (χ2v) is 4.70. The number of hydrazine groups is 1. The topological polar surface area (TPSA) is 47.3 Å². The molecule has 0 aromatic heterocycles. The fourth-order valence-electron chi connectivity index (χ4n) is 2.65. The number of hydrogen-bond acceptors (Lipinski definition) is 3. The van der Waals surface area contributed by atoms with Crippen molar-refractivity contribution in [2.75, 3.05) is 7.11 Å². The van der Waals surface area contributed by atoms with E-state index < -0.39 is 24.2 Å². The molecule has 0 heterocycles. The van der Waals surface area contributed by atoms with Gasteiger partial charge in [-0.1, -0.05) is 19.3 Å². The summed E-state index contributed by atoms with van der Waals surface area (Å²) in [6, 6.07) is -0.436. The van der Waals surface area contributed by atoms with E-state index in [1.807, 2.05) is 0 Å². The van der Waals surface area contributed by atoms with Gasteiger partial charge in [-0.3, -0.25) is 11.3 Å². The molecule has 1 fully saturated rings. The zero-order valence-corrected chi connectivity index (χ0v) is 10.1. The SMILES string of the molecule is COC1(C(CCC(F)(F)F)NN)CCCCC1. The Morgan fingerprint density at radius 3 is 2.29 bits per heavy atom. The highest BCUT2D eigenvalue weighted by Crippen LogP contribution is 2.36. The van der Waals surface area contributed by atoms with Crippen LogP contribution in [0.2, 0.25) is 0 Å². The summed E-state index contributed by atoms with van der Waals surface area (Å²) in [5, 5.41) is 0. The van der Waals surface area contributed by atoms with Gasteiger partial charge in [0.05, 0.1) is 11.6 Å². The van der Waals surface area contributed by atoms with Crippen molar-refractivity contribution in [2.24, 2.45) is 5.84 Å². The summed E-state index contributed by atoms with van der Waals surface area (Å²) in [7, 11) is 1.56. The van der Waals surface area contributed by atoms with Crippen molar-refractivity contribution >= 4 is 0 Å². The van der Waals surface area contributed by atoms with Crippen LogP contribution >= 0.6 is 0 Å². The van der Waals surface area contributed by atoms with Crippen molar-refractivity contribution in [1.29, 1.82) is 0 Å². The fraction of sp³-hybridized carbons (Fsp3) is 1.00. The first-order valence-electron chi connectivity index (χ1n) is 6.01. The number of nitrogens with one attached hydrogen (secondary N) is 1. The third-order valence-electron chi connectivity index (χ3n) is 3.66. The molecule has 0 aliphatic heterocycles. The minimum Gasteiger partial charge on any atom is -0.377 e. The Balaban J connectivity index is 2.62. The van der Waals surface area contributed by atoms with Gasteiger partial charge in [-0.15, -0.1) is 0 Å². The largest absolute Gasteiger partial charge is 0.389 e. The fourth-order valence-corrected chi connectivity index (χ4v) is 2.65. The van der Waals surface area contributed by atoms with Crippen molar-refractivity contribution in [3.8, 4) is 0 Å². The van der Waals surface area contributed by atoms with E-state index in [0.717, 1.165) is 32.1 Å². The smallest absolute Gasteiger partial charge is 0.377 e. The Hall–Kier alpha value is -0.330. The molecule has 3 N–H and O–H groups in total. The van der Waals surface area contributed by atoms with Gasteiger partial charge in [0, 0.05) is 13.5 Å². The van der Waals surface area contributed by atoms with Crippen LogP contribution in [0.3, 0.4) is 0 Å². The average Bonchev–Trinajstić information content (AvgIpc) is 2.29. The van der Waals surface area contributed by atoms with Gasteiger partial charge >= 0.3 is 6.18 Å². The number of alkyl halides is 3. The molecule has 0 spiro atoms. The molecular formula is C11H21F3N2O. The van der Waals surface area contributed by atoms with Crippen LogP contribution in [0.15, 0.2) is 0 Å². The molecular weight excluding hydrogens is 233 g/mol. The highest BCUT2D eigenvalue weighted by atomic mass is 19.4. The Bertz CT molecular complexity index is 227. The summed E-state index contributed by atoms with van der Waals surface area (Å²) in [5.74, 6) is 5.40.